The van der Waals surface area contributed by atoms with Gasteiger partial charge in [-0.15, -0.1) is 0 Å². The second kappa shape index (κ2) is 6.25. The fourth-order valence-electron chi connectivity index (χ4n) is 1.95. The van der Waals surface area contributed by atoms with Crippen molar-refractivity contribution in [2.45, 2.75) is 25.7 Å². The minimum Gasteiger partial charge on any atom is -0.398 e. The van der Waals surface area contributed by atoms with E-state index in [0.29, 0.717) is 5.92 Å². The van der Waals surface area contributed by atoms with Crippen LogP contribution in [0.2, 0.25) is 0 Å². The van der Waals surface area contributed by atoms with E-state index in [1.165, 1.54) is 7.05 Å². The predicted octanol–water partition coefficient (Wildman–Crippen LogP) is 1.66. The monoisotopic (exact) mass is 285 g/mol. The second-order valence-corrected chi connectivity index (χ2v) is 6.72. The first-order valence-electron chi connectivity index (χ1n) is 6.39. The number of nitrogens with one attached hydrogen (secondary N) is 1. The van der Waals surface area contributed by atoms with E-state index >= 15 is 0 Å². The molecule has 5 nitrogen and oxygen atoms in total. The van der Waals surface area contributed by atoms with Crippen molar-refractivity contribution >= 4 is 21.4 Å². The van der Waals surface area contributed by atoms with Crippen LogP contribution in [-0.4, -0.2) is 28.6 Å². The number of nitrogens with two attached hydrogens (primary N) is 1. The Morgan fingerprint density at radius 3 is 2.42 bits per heavy atom. The summed E-state index contributed by atoms with van der Waals surface area (Å²) >= 11 is 0. The lowest BCUT2D eigenvalue weighted by Crippen LogP contribution is -2.27. The molecule has 0 aromatic heterocycles. The SMILES string of the molecule is CCN(CC(C)C)c1ccc(S(=O)(=O)NC)c(N)c1. The molecule has 0 radical (unpaired) electrons. The van der Waals surface area contributed by atoms with Gasteiger partial charge in [-0.05, 0) is 38.1 Å². The zero-order valence-electron chi connectivity index (χ0n) is 12.0. The van der Waals surface area contributed by atoms with Gasteiger partial charge in [0, 0.05) is 18.8 Å². The Kier molecular flexibility index (Phi) is 5.20. The number of anilines is 2. The summed E-state index contributed by atoms with van der Waals surface area (Å²) in [6.45, 7) is 8.12. The molecule has 0 aliphatic rings. The number of sulfonamides is 1. The van der Waals surface area contributed by atoms with Crippen LogP contribution >= 0.6 is 0 Å². The third kappa shape index (κ3) is 3.84. The van der Waals surface area contributed by atoms with E-state index in [-0.39, 0.29) is 10.6 Å². The Bertz CT molecular complexity index is 527. The Morgan fingerprint density at radius 2 is 2.00 bits per heavy atom. The molecule has 0 amide bonds. The highest BCUT2D eigenvalue weighted by Crippen LogP contribution is 2.25. The highest BCUT2D eigenvalue weighted by atomic mass is 32.2. The van der Waals surface area contributed by atoms with Crippen LogP contribution in [0, 0.1) is 5.92 Å². The Hall–Kier alpha value is -1.27. The molecule has 0 saturated carbocycles. The van der Waals surface area contributed by atoms with Crippen LogP contribution in [0.1, 0.15) is 20.8 Å². The van der Waals surface area contributed by atoms with Gasteiger partial charge in [-0.25, -0.2) is 13.1 Å². The summed E-state index contributed by atoms with van der Waals surface area (Å²) < 4.78 is 25.8. The highest BCUT2D eigenvalue weighted by Gasteiger charge is 2.16. The van der Waals surface area contributed by atoms with Gasteiger partial charge < -0.3 is 10.6 Å². The summed E-state index contributed by atoms with van der Waals surface area (Å²) in [4.78, 5) is 2.30. The molecule has 19 heavy (non-hydrogen) atoms. The Labute approximate surface area is 115 Å². The van der Waals surface area contributed by atoms with Crippen molar-refractivity contribution in [3.05, 3.63) is 18.2 Å². The van der Waals surface area contributed by atoms with Crippen molar-refractivity contribution in [1.82, 2.24) is 4.72 Å². The van der Waals surface area contributed by atoms with Gasteiger partial charge in [0.15, 0.2) is 0 Å². The van der Waals surface area contributed by atoms with Crippen LogP contribution in [-0.2, 0) is 10.0 Å². The van der Waals surface area contributed by atoms with E-state index in [2.05, 4.69) is 30.4 Å². The summed E-state index contributed by atoms with van der Waals surface area (Å²) in [5, 5.41) is 0. The zero-order chi connectivity index (χ0) is 14.6. The van der Waals surface area contributed by atoms with Gasteiger partial charge in [0.25, 0.3) is 0 Å². The molecule has 3 N–H and O–H groups in total. The lowest BCUT2D eigenvalue weighted by Gasteiger charge is -2.25. The topological polar surface area (TPSA) is 75.4 Å². The first kappa shape index (κ1) is 15.8. The summed E-state index contributed by atoms with van der Waals surface area (Å²) in [5.74, 6) is 0.530. The number of rotatable bonds is 6. The van der Waals surface area contributed by atoms with Crippen molar-refractivity contribution in [2.75, 3.05) is 30.8 Å². The predicted molar refractivity (Wildman–Crippen MR) is 79.8 cm³/mol. The van der Waals surface area contributed by atoms with Gasteiger partial charge in [0.05, 0.1) is 5.69 Å². The summed E-state index contributed by atoms with van der Waals surface area (Å²) in [6, 6.07) is 5.07. The fraction of sp³-hybridized carbons (Fsp3) is 0.538. The van der Waals surface area contributed by atoms with Crippen LogP contribution in [0.25, 0.3) is 0 Å². The van der Waals surface area contributed by atoms with Crippen LogP contribution in [0.4, 0.5) is 11.4 Å². The zero-order valence-corrected chi connectivity index (χ0v) is 12.8. The van der Waals surface area contributed by atoms with Gasteiger partial charge in [0.1, 0.15) is 4.90 Å². The average molecular weight is 285 g/mol. The first-order valence-corrected chi connectivity index (χ1v) is 7.88. The number of nitrogen functional groups attached to an aromatic ring is 1. The number of benzene rings is 1. The molecule has 0 atom stereocenters. The molecule has 1 aromatic rings. The molecular weight excluding hydrogens is 262 g/mol. The number of hydrogen-bond donors (Lipinski definition) is 2. The third-order valence-corrected chi connectivity index (χ3v) is 4.37. The molecular formula is C13H23N3O2S. The lowest BCUT2D eigenvalue weighted by atomic mass is 10.2. The molecule has 108 valence electrons. The van der Waals surface area contributed by atoms with Gasteiger partial charge in [-0.1, -0.05) is 13.8 Å². The average Bonchev–Trinajstić information content (AvgIpc) is 2.35. The van der Waals surface area contributed by atoms with Crippen molar-refractivity contribution in [3.8, 4) is 0 Å². The maximum absolute atomic E-state index is 11.7. The van der Waals surface area contributed by atoms with E-state index in [4.69, 9.17) is 5.73 Å². The van der Waals surface area contributed by atoms with Gasteiger partial charge in [0.2, 0.25) is 10.0 Å². The molecule has 0 unspecified atom stereocenters. The molecule has 1 rings (SSSR count). The molecule has 0 aliphatic carbocycles. The smallest absolute Gasteiger partial charge is 0.242 e. The van der Waals surface area contributed by atoms with E-state index in [1.54, 1.807) is 18.2 Å². The molecule has 0 heterocycles. The largest absolute Gasteiger partial charge is 0.398 e. The summed E-state index contributed by atoms with van der Waals surface area (Å²) in [7, 11) is -2.12. The molecule has 0 aliphatic heterocycles. The van der Waals surface area contributed by atoms with E-state index < -0.39 is 10.0 Å². The van der Waals surface area contributed by atoms with Crippen LogP contribution in [0.3, 0.4) is 0 Å². The third-order valence-electron chi connectivity index (χ3n) is 2.88. The molecule has 1 aromatic carbocycles. The van der Waals surface area contributed by atoms with Crippen molar-refractivity contribution in [2.24, 2.45) is 5.92 Å². The van der Waals surface area contributed by atoms with Crippen molar-refractivity contribution in [3.63, 3.8) is 0 Å². The van der Waals surface area contributed by atoms with E-state index in [9.17, 15) is 8.42 Å². The van der Waals surface area contributed by atoms with Gasteiger partial charge in [-0.2, -0.15) is 0 Å². The fourth-order valence-corrected chi connectivity index (χ4v) is 2.78. The maximum Gasteiger partial charge on any atom is 0.242 e. The van der Waals surface area contributed by atoms with Crippen LogP contribution in [0.5, 0.6) is 0 Å². The second-order valence-electron chi connectivity index (χ2n) is 4.86. The van der Waals surface area contributed by atoms with Crippen molar-refractivity contribution in [1.29, 1.82) is 0 Å². The van der Waals surface area contributed by atoms with E-state index in [1.807, 2.05) is 0 Å². The Balaban J connectivity index is 3.12. The molecule has 0 bridgehead atoms. The molecule has 0 saturated heterocycles. The normalized spacial score (nSPS) is 11.8. The molecule has 0 fully saturated rings. The first-order chi connectivity index (χ1) is 8.81. The number of hydrogen-bond acceptors (Lipinski definition) is 4. The minimum absolute atomic E-state index is 0.124. The van der Waals surface area contributed by atoms with Gasteiger partial charge >= 0.3 is 0 Å². The number of nitrogens with zero attached hydrogens (tertiary/aromatic N) is 1. The van der Waals surface area contributed by atoms with Crippen LogP contribution in [0.15, 0.2) is 23.1 Å². The standard InChI is InChI=1S/C13H23N3O2S/c1-5-16(9-10(2)3)11-6-7-13(12(14)8-11)19(17,18)15-4/h6-8,10,15H,5,9,14H2,1-4H3. The maximum atomic E-state index is 11.7. The highest BCUT2D eigenvalue weighted by molar-refractivity contribution is 7.89. The van der Waals surface area contributed by atoms with Gasteiger partial charge in [-0.3, -0.25) is 0 Å². The quantitative estimate of drug-likeness (QED) is 0.779. The summed E-state index contributed by atoms with van der Waals surface area (Å²) in [6.07, 6.45) is 0. The summed E-state index contributed by atoms with van der Waals surface area (Å²) in [5.41, 5.74) is 7.08. The molecule has 6 heteroatoms. The van der Waals surface area contributed by atoms with Crippen molar-refractivity contribution < 1.29 is 8.42 Å². The molecule has 0 spiro atoms. The van der Waals surface area contributed by atoms with Crippen LogP contribution < -0.4 is 15.4 Å². The lowest BCUT2D eigenvalue weighted by molar-refractivity contribution is 0.588. The van der Waals surface area contributed by atoms with E-state index in [0.717, 1.165) is 18.8 Å². The minimum atomic E-state index is -3.49. The Morgan fingerprint density at radius 1 is 1.37 bits per heavy atom.